The molecule has 0 spiro atoms. The summed E-state index contributed by atoms with van der Waals surface area (Å²) >= 11 is 0. The van der Waals surface area contributed by atoms with Gasteiger partial charge in [-0.3, -0.25) is 9.48 Å². The van der Waals surface area contributed by atoms with Crippen molar-refractivity contribution in [2.75, 3.05) is 0 Å². The molecular formula is C18H14F3N3O. The molecule has 0 aliphatic rings. The fourth-order valence-electron chi connectivity index (χ4n) is 2.85. The molecule has 1 aromatic heterocycles. The second kappa shape index (κ2) is 6.43. The Morgan fingerprint density at radius 1 is 1.12 bits per heavy atom. The zero-order valence-electron chi connectivity index (χ0n) is 13.2. The van der Waals surface area contributed by atoms with Crippen molar-refractivity contribution in [1.29, 1.82) is 0 Å². The number of nitrogens with two attached hydrogens (primary N) is 1. The van der Waals surface area contributed by atoms with Gasteiger partial charge in [0.1, 0.15) is 11.5 Å². The predicted octanol–water partition coefficient (Wildman–Crippen LogP) is 3.93. The van der Waals surface area contributed by atoms with E-state index in [1.807, 2.05) is 0 Å². The van der Waals surface area contributed by atoms with Crippen LogP contribution in [0.3, 0.4) is 0 Å². The van der Waals surface area contributed by atoms with Gasteiger partial charge in [0.25, 0.3) is 12.3 Å². The standard InChI is InChI=1S/C18H14F3N3O/c1-24-16(14(18(22)25)15(23-24)17(20)21)13-8-3-2-7-12(13)10-5-4-6-11(19)9-10/h2-9,17H,1H3,(H2,22,25). The average molecular weight is 345 g/mol. The van der Waals surface area contributed by atoms with E-state index in [-0.39, 0.29) is 11.3 Å². The smallest absolute Gasteiger partial charge is 0.282 e. The third-order valence-electron chi connectivity index (χ3n) is 3.85. The Morgan fingerprint density at radius 2 is 1.80 bits per heavy atom. The summed E-state index contributed by atoms with van der Waals surface area (Å²) in [5.41, 5.74) is 6.09. The van der Waals surface area contributed by atoms with Crippen LogP contribution in [-0.2, 0) is 7.05 Å². The van der Waals surface area contributed by atoms with Crippen molar-refractivity contribution < 1.29 is 18.0 Å². The lowest BCUT2D eigenvalue weighted by molar-refractivity contribution is 0.0985. The molecular weight excluding hydrogens is 331 g/mol. The van der Waals surface area contributed by atoms with E-state index in [2.05, 4.69) is 5.10 Å². The molecule has 25 heavy (non-hydrogen) atoms. The van der Waals surface area contributed by atoms with Gasteiger partial charge < -0.3 is 5.73 Å². The molecule has 4 nitrogen and oxygen atoms in total. The van der Waals surface area contributed by atoms with Gasteiger partial charge in [0, 0.05) is 12.6 Å². The highest BCUT2D eigenvalue weighted by Crippen LogP contribution is 2.36. The maximum atomic E-state index is 13.6. The van der Waals surface area contributed by atoms with Gasteiger partial charge >= 0.3 is 0 Å². The van der Waals surface area contributed by atoms with Gasteiger partial charge in [-0.15, -0.1) is 0 Å². The summed E-state index contributed by atoms with van der Waals surface area (Å²) in [6, 6.07) is 12.7. The zero-order chi connectivity index (χ0) is 18.1. The van der Waals surface area contributed by atoms with Crippen LogP contribution in [0.4, 0.5) is 13.2 Å². The number of hydrogen-bond acceptors (Lipinski definition) is 2. The number of carbonyl (C=O) groups is 1. The van der Waals surface area contributed by atoms with E-state index in [1.165, 1.54) is 23.9 Å². The van der Waals surface area contributed by atoms with Crippen LogP contribution in [0.25, 0.3) is 22.4 Å². The first-order chi connectivity index (χ1) is 11.9. The lowest BCUT2D eigenvalue weighted by Gasteiger charge is -2.12. The number of halogens is 3. The van der Waals surface area contributed by atoms with Gasteiger partial charge in [-0.05, 0) is 23.3 Å². The molecule has 3 rings (SSSR count). The molecule has 0 fully saturated rings. The molecule has 2 aromatic carbocycles. The Labute approximate surface area is 141 Å². The fraction of sp³-hybridized carbons (Fsp3) is 0.111. The Kier molecular flexibility index (Phi) is 4.31. The Morgan fingerprint density at radius 3 is 2.40 bits per heavy atom. The number of benzene rings is 2. The summed E-state index contributed by atoms with van der Waals surface area (Å²) in [4.78, 5) is 11.8. The van der Waals surface area contributed by atoms with Crippen molar-refractivity contribution in [1.82, 2.24) is 9.78 Å². The van der Waals surface area contributed by atoms with Gasteiger partial charge in [0.05, 0.1) is 11.3 Å². The monoisotopic (exact) mass is 345 g/mol. The normalized spacial score (nSPS) is 11.1. The number of nitrogens with zero attached hydrogens (tertiary/aromatic N) is 2. The maximum Gasteiger partial charge on any atom is 0.282 e. The van der Waals surface area contributed by atoms with E-state index in [1.54, 1.807) is 36.4 Å². The Bertz CT molecular complexity index is 950. The minimum absolute atomic E-state index is 0.169. The molecule has 0 atom stereocenters. The third-order valence-corrected chi connectivity index (χ3v) is 3.85. The number of carbonyl (C=O) groups excluding carboxylic acids is 1. The van der Waals surface area contributed by atoms with Gasteiger partial charge in [0.15, 0.2) is 0 Å². The van der Waals surface area contributed by atoms with Gasteiger partial charge in [-0.25, -0.2) is 13.2 Å². The van der Waals surface area contributed by atoms with Gasteiger partial charge in [0.2, 0.25) is 0 Å². The van der Waals surface area contributed by atoms with Gasteiger partial charge in [-0.1, -0.05) is 36.4 Å². The van der Waals surface area contributed by atoms with Crippen LogP contribution in [0.15, 0.2) is 48.5 Å². The van der Waals surface area contributed by atoms with Crippen LogP contribution in [0, 0.1) is 5.82 Å². The first-order valence-electron chi connectivity index (χ1n) is 7.40. The minimum atomic E-state index is -2.94. The van der Waals surface area contributed by atoms with Crippen molar-refractivity contribution in [3.8, 4) is 22.4 Å². The highest BCUT2D eigenvalue weighted by atomic mass is 19.3. The van der Waals surface area contributed by atoms with Crippen molar-refractivity contribution >= 4 is 5.91 Å². The first-order valence-corrected chi connectivity index (χ1v) is 7.40. The summed E-state index contributed by atoms with van der Waals surface area (Å²) in [5, 5.41) is 3.75. The number of aryl methyl sites for hydroxylation is 1. The summed E-state index contributed by atoms with van der Waals surface area (Å²) in [5.74, 6) is -1.42. The lowest BCUT2D eigenvalue weighted by atomic mass is 9.95. The molecule has 0 unspecified atom stereocenters. The third kappa shape index (κ3) is 3.00. The molecule has 0 saturated carbocycles. The average Bonchev–Trinajstić information content (AvgIpc) is 2.92. The van der Waals surface area contributed by atoms with Crippen molar-refractivity contribution in [2.45, 2.75) is 6.43 Å². The van der Waals surface area contributed by atoms with Crippen molar-refractivity contribution in [3.63, 3.8) is 0 Å². The fourth-order valence-corrected chi connectivity index (χ4v) is 2.85. The van der Waals surface area contributed by atoms with Crippen LogP contribution in [0.1, 0.15) is 22.5 Å². The topological polar surface area (TPSA) is 60.9 Å². The van der Waals surface area contributed by atoms with Crippen LogP contribution in [0.5, 0.6) is 0 Å². The van der Waals surface area contributed by atoms with Crippen LogP contribution in [-0.4, -0.2) is 15.7 Å². The molecule has 3 aromatic rings. The Balaban J connectivity index is 2.31. The lowest BCUT2D eigenvalue weighted by Crippen LogP contribution is -2.14. The van der Waals surface area contributed by atoms with E-state index in [0.717, 1.165) is 0 Å². The predicted molar refractivity (Wildman–Crippen MR) is 87.5 cm³/mol. The highest BCUT2D eigenvalue weighted by molar-refractivity contribution is 6.02. The second-order valence-electron chi connectivity index (χ2n) is 5.45. The van der Waals surface area contributed by atoms with Crippen LogP contribution < -0.4 is 5.73 Å². The number of primary amides is 1. The van der Waals surface area contributed by atoms with E-state index in [9.17, 15) is 18.0 Å². The number of rotatable bonds is 4. The van der Waals surface area contributed by atoms with Crippen LogP contribution >= 0.6 is 0 Å². The van der Waals surface area contributed by atoms with Crippen LogP contribution in [0.2, 0.25) is 0 Å². The summed E-state index contributed by atoms with van der Waals surface area (Å²) in [6.45, 7) is 0. The molecule has 0 radical (unpaired) electrons. The molecule has 0 saturated heterocycles. The molecule has 128 valence electrons. The number of amides is 1. The highest BCUT2D eigenvalue weighted by Gasteiger charge is 2.28. The number of hydrogen-bond donors (Lipinski definition) is 1. The summed E-state index contributed by atoms with van der Waals surface area (Å²) < 4.78 is 41.3. The van der Waals surface area contributed by atoms with Crippen molar-refractivity contribution in [3.05, 3.63) is 65.6 Å². The SMILES string of the molecule is Cn1nc(C(F)F)c(C(N)=O)c1-c1ccccc1-c1cccc(F)c1. The molecule has 0 bridgehead atoms. The van der Waals surface area contributed by atoms with E-state index >= 15 is 0 Å². The summed E-state index contributed by atoms with van der Waals surface area (Å²) in [7, 11) is 1.45. The van der Waals surface area contributed by atoms with E-state index in [0.29, 0.717) is 16.7 Å². The zero-order valence-corrected chi connectivity index (χ0v) is 13.2. The van der Waals surface area contributed by atoms with E-state index < -0.39 is 23.8 Å². The molecule has 0 aliphatic carbocycles. The van der Waals surface area contributed by atoms with E-state index in [4.69, 9.17) is 5.73 Å². The molecule has 1 heterocycles. The minimum Gasteiger partial charge on any atom is -0.365 e. The summed E-state index contributed by atoms with van der Waals surface area (Å²) in [6.07, 6.45) is -2.94. The Hall–Kier alpha value is -3.09. The molecule has 1 amide bonds. The largest absolute Gasteiger partial charge is 0.365 e. The van der Waals surface area contributed by atoms with Gasteiger partial charge in [-0.2, -0.15) is 5.10 Å². The molecule has 7 heteroatoms. The molecule has 2 N–H and O–H groups in total. The first kappa shape index (κ1) is 16.8. The number of aromatic nitrogens is 2. The maximum absolute atomic E-state index is 13.6. The van der Waals surface area contributed by atoms with Crippen molar-refractivity contribution in [2.24, 2.45) is 12.8 Å². The number of alkyl halides is 2. The second-order valence-corrected chi connectivity index (χ2v) is 5.45. The molecule has 0 aliphatic heterocycles. The quantitative estimate of drug-likeness (QED) is 0.779.